The Morgan fingerprint density at radius 2 is 1.86 bits per heavy atom. The zero-order valence-electron chi connectivity index (χ0n) is 16.8. The molecule has 0 aliphatic carbocycles. The summed E-state index contributed by atoms with van der Waals surface area (Å²) in [6, 6.07) is 8.75. The highest BCUT2D eigenvalue weighted by Crippen LogP contribution is 2.23. The second-order valence-corrected chi connectivity index (χ2v) is 8.27. The number of aromatic nitrogens is 2. The predicted molar refractivity (Wildman–Crippen MR) is 118 cm³/mol. The molecule has 5 nitrogen and oxygen atoms in total. The topological polar surface area (TPSA) is 36.3 Å². The lowest BCUT2D eigenvalue weighted by molar-refractivity contribution is 0.170. The van der Waals surface area contributed by atoms with Crippen LogP contribution in [-0.2, 0) is 13.1 Å². The van der Waals surface area contributed by atoms with E-state index in [2.05, 4.69) is 39.7 Å². The fraction of sp³-hybridized carbons (Fsp3) is 0.571. The molecule has 3 heterocycles. The zero-order chi connectivity index (χ0) is 18.8. The molecule has 1 aromatic carbocycles. The Balaban J connectivity index is 0.00000225. The molecule has 1 atom stereocenters. The van der Waals surface area contributed by atoms with Gasteiger partial charge in [0.2, 0.25) is 0 Å². The summed E-state index contributed by atoms with van der Waals surface area (Å²) < 4.78 is 2.11. The van der Waals surface area contributed by atoms with Crippen LogP contribution in [0.15, 0.2) is 24.3 Å². The maximum absolute atomic E-state index is 6.34. The molecular formula is C21H31Cl2N5. The van der Waals surface area contributed by atoms with E-state index in [0.717, 1.165) is 42.5 Å². The third kappa shape index (κ3) is 4.71. The van der Waals surface area contributed by atoms with Crippen molar-refractivity contribution in [3.8, 4) is 0 Å². The number of aryl methyl sites for hydroxylation is 1. The van der Waals surface area contributed by atoms with Crippen LogP contribution in [-0.4, -0.2) is 64.9 Å². The summed E-state index contributed by atoms with van der Waals surface area (Å²) in [5.74, 6) is 0. The lowest BCUT2D eigenvalue weighted by atomic mass is 10.1. The van der Waals surface area contributed by atoms with Gasteiger partial charge in [-0.05, 0) is 31.9 Å². The van der Waals surface area contributed by atoms with E-state index in [4.69, 9.17) is 16.7 Å². The van der Waals surface area contributed by atoms with Gasteiger partial charge < -0.3 is 5.32 Å². The lowest BCUT2D eigenvalue weighted by Crippen LogP contribution is -2.49. The van der Waals surface area contributed by atoms with Gasteiger partial charge in [0.1, 0.15) is 0 Å². The fourth-order valence-electron chi connectivity index (χ4n) is 4.43. The standard InChI is InChI=1S/C21H30ClN5.ClH/c1-16-20(15-25-10-7-19(14-25)26-11-8-23-9-12-26)17(2)27(24-16)13-18-5-3-4-6-21(18)22;/h3-6,19,23H,7-15H2,1-2H3;1H. The van der Waals surface area contributed by atoms with Crippen LogP contribution >= 0.6 is 24.0 Å². The van der Waals surface area contributed by atoms with Crippen LogP contribution in [0.4, 0.5) is 0 Å². The van der Waals surface area contributed by atoms with Crippen LogP contribution in [0.3, 0.4) is 0 Å². The van der Waals surface area contributed by atoms with Crippen molar-refractivity contribution < 1.29 is 0 Å². The Hall–Kier alpha value is -1.11. The molecule has 0 spiro atoms. The number of nitrogens with one attached hydrogen (secondary N) is 1. The summed E-state index contributed by atoms with van der Waals surface area (Å²) in [7, 11) is 0. The molecule has 2 fully saturated rings. The Bertz CT molecular complexity index is 785. The van der Waals surface area contributed by atoms with E-state index in [9.17, 15) is 0 Å². The van der Waals surface area contributed by atoms with Crippen molar-refractivity contribution in [2.45, 2.75) is 39.4 Å². The number of piperazine rings is 1. The first-order valence-electron chi connectivity index (χ1n) is 10.0. The van der Waals surface area contributed by atoms with Crippen molar-refractivity contribution in [3.05, 3.63) is 51.8 Å². The normalized spacial score (nSPS) is 21.0. The second kappa shape index (κ2) is 9.59. The maximum Gasteiger partial charge on any atom is 0.0677 e. The number of rotatable bonds is 5. The summed E-state index contributed by atoms with van der Waals surface area (Å²) in [5.41, 5.74) is 4.91. The van der Waals surface area contributed by atoms with E-state index >= 15 is 0 Å². The fourth-order valence-corrected chi connectivity index (χ4v) is 4.62. The van der Waals surface area contributed by atoms with Crippen molar-refractivity contribution in [3.63, 3.8) is 0 Å². The van der Waals surface area contributed by atoms with Gasteiger partial charge in [0.25, 0.3) is 0 Å². The first-order chi connectivity index (χ1) is 13.1. The molecule has 7 heteroatoms. The number of hydrogen-bond acceptors (Lipinski definition) is 4. The van der Waals surface area contributed by atoms with Gasteiger partial charge in [-0.1, -0.05) is 29.8 Å². The van der Waals surface area contributed by atoms with Crippen molar-refractivity contribution in [1.29, 1.82) is 0 Å². The number of nitrogens with zero attached hydrogens (tertiary/aromatic N) is 4. The minimum absolute atomic E-state index is 0. The molecule has 154 valence electrons. The summed E-state index contributed by atoms with van der Waals surface area (Å²) in [4.78, 5) is 5.26. The third-order valence-corrected chi connectivity index (χ3v) is 6.48. The van der Waals surface area contributed by atoms with Gasteiger partial charge in [-0.25, -0.2) is 0 Å². The average Bonchev–Trinajstić information content (AvgIpc) is 3.25. The van der Waals surface area contributed by atoms with E-state index in [0.29, 0.717) is 6.04 Å². The summed E-state index contributed by atoms with van der Waals surface area (Å²) >= 11 is 6.34. The summed E-state index contributed by atoms with van der Waals surface area (Å²) in [6.07, 6.45) is 1.28. The molecule has 1 aromatic heterocycles. The Morgan fingerprint density at radius 3 is 2.61 bits per heavy atom. The molecule has 28 heavy (non-hydrogen) atoms. The number of benzene rings is 1. The molecular weight excluding hydrogens is 393 g/mol. The van der Waals surface area contributed by atoms with E-state index < -0.39 is 0 Å². The summed E-state index contributed by atoms with van der Waals surface area (Å²) in [5, 5.41) is 9.08. The van der Waals surface area contributed by atoms with Crippen LogP contribution in [0.5, 0.6) is 0 Å². The molecule has 2 aromatic rings. The molecule has 0 bridgehead atoms. The van der Waals surface area contributed by atoms with Crippen molar-refractivity contribution in [2.75, 3.05) is 39.3 Å². The maximum atomic E-state index is 6.34. The smallest absolute Gasteiger partial charge is 0.0677 e. The number of likely N-dealkylation sites (tertiary alicyclic amines) is 1. The van der Waals surface area contributed by atoms with E-state index in [1.165, 1.54) is 43.9 Å². The number of hydrogen-bond donors (Lipinski definition) is 1. The highest BCUT2D eigenvalue weighted by molar-refractivity contribution is 6.31. The van der Waals surface area contributed by atoms with Crippen LogP contribution in [0.2, 0.25) is 5.02 Å². The highest BCUT2D eigenvalue weighted by atomic mass is 35.5. The first-order valence-corrected chi connectivity index (χ1v) is 10.4. The molecule has 2 saturated heterocycles. The van der Waals surface area contributed by atoms with Gasteiger partial charge in [-0.3, -0.25) is 14.5 Å². The Morgan fingerprint density at radius 1 is 1.11 bits per heavy atom. The minimum Gasteiger partial charge on any atom is -0.314 e. The lowest BCUT2D eigenvalue weighted by Gasteiger charge is -2.32. The van der Waals surface area contributed by atoms with Crippen LogP contribution < -0.4 is 5.32 Å². The van der Waals surface area contributed by atoms with Crippen molar-refractivity contribution in [2.24, 2.45) is 0 Å². The first kappa shape index (κ1) is 21.6. The zero-order valence-corrected chi connectivity index (χ0v) is 18.4. The van der Waals surface area contributed by atoms with Crippen LogP contribution in [0.1, 0.15) is 28.9 Å². The van der Waals surface area contributed by atoms with E-state index in [-0.39, 0.29) is 12.4 Å². The van der Waals surface area contributed by atoms with Crippen LogP contribution in [0, 0.1) is 13.8 Å². The Kier molecular flexibility index (Phi) is 7.40. The molecule has 4 rings (SSSR count). The quantitative estimate of drug-likeness (QED) is 0.801. The SMILES string of the molecule is Cc1nn(Cc2ccccc2Cl)c(C)c1CN1CCC(N2CCNCC2)C1.Cl. The predicted octanol–water partition coefficient (Wildman–Crippen LogP) is 3.10. The molecule has 0 saturated carbocycles. The summed E-state index contributed by atoms with van der Waals surface area (Å²) in [6.45, 7) is 13.0. The molecule has 2 aliphatic rings. The molecule has 1 N–H and O–H groups in total. The molecule has 0 radical (unpaired) electrons. The monoisotopic (exact) mass is 423 g/mol. The van der Waals surface area contributed by atoms with Gasteiger partial charge in [0.05, 0.1) is 12.2 Å². The van der Waals surface area contributed by atoms with E-state index in [1.54, 1.807) is 0 Å². The van der Waals surface area contributed by atoms with Gasteiger partial charge in [-0.15, -0.1) is 12.4 Å². The van der Waals surface area contributed by atoms with Gasteiger partial charge in [0, 0.05) is 68.1 Å². The van der Waals surface area contributed by atoms with Crippen LogP contribution in [0.25, 0.3) is 0 Å². The average molecular weight is 424 g/mol. The van der Waals surface area contributed by atoms with Gasteiger partial charge >= 0.3 is 0 Å². The largest absolute Gasteiger partial charge is 0.314 e. The van der Waals surface area contributed by atoms with Gasteiger partial charge in [-0.2, -0.15) is 5.10 Å². The highest BCUT2D eigenvalue weighted by Gasteiger charge is 2.29. The van der Waals surface area contributed by atoms with Gasteiger partial charge in [0.15, 0.2) is 0 Å². The Labute approximate surface area is 179 Å². The molecule has 2 aliphatic heterocycles. The molecule has 0 amide bonds. The molecule has 1 unspecified atom stereocenters. The number of halogens is 2. The van der Waals surface area contributed by atoms with E-state index in [1.807, 2.05) is 18.2 Å². The minimum atomic E-state index is 0. The second-order valence-electron chi connectivity index (χ2n) is 7.86. The van der Waals surface area contributed by atoms with Crippen molar-refractivity contribution in [1.82, 2.24) is 24.9 Å². The third-order valence-electron chi connectivity index (χ3n) is 6.11. The van der Waals surface area contributed by atoms with Crippen molar-refractivity contribution >= 4 is 24.0 Å².